The van der Waals surface area contributed by atoms with Crippen LogP contribution in [-0.4, -0.2) is 11.7 Å². The van der Waals surface area contributed by atoms with Gasteiger partial charge in [0.1, 0.15) is 5.82 Å². The van der Waals surface area contributed by atoms with Gasteiger partial charge >= 0.3 is 0 Å². The molecule has 0 saturated heterocycles. The summed E-state index contributed by atoms with van der Waals surface area (Å²) in [5, 5.41) is -0.0159. The molecule has 0 aliphatic carbocycles. The molecule has 6 heteroatoms. The molecule has 0 atom stereocenters. The largest absolute Gasteiger partial charge is 0.299 e. The summed E-state index contributed by atoms with van der Waals surface area (Å²) in [6.07, 6.45) is 0. The molecule has 1 heterocycles. The predicted molar refractivity (Wildman–Crippen MR) is 81.1 cm³/mol. The van der Waals surface area contributed by atoms with E-state index in [1.165, 1.54) is 23.1 Å². The molecule has 3 rings (SSSR count). The van der Waals surface area contributed by atoms with E-state index in [9.17, 15) is 14.0 Å². The lowest BCUT2D eigenvalue weighted by Crippen LogP contribution is -2.29. The van der Waals surface area contributed by atoms with Crippen molar-refractivity contribution in [3.8, 4) is 0 Å². The smallest absolute Gasteiger partial charge is 0.299 e. The highest BCUT2D eigenvalue weighted by Gasteiger charge is 2.37. The summed E-state index contributed by atoms with van der Waals surface area (Å²) in [6.45, 7) is 0.153. The molecular formula is C15H8BrClFNO2. The highest BCUT2D eigenvalue weighted by Crippen LogP contribution is 2.37. The van der Waals surface area contributed by atoms with Crippen LogP contribution >= 0.6 is 27.5 Å². The summed E-state index contributed by atoms with van der Waals surface area (Å²) in [6, 6.07) is 9.29. The average Bonchev–Trinajstić information content (AvgIpc) is 2.69. The molecule has 0 radical (unpaired) electrons. The third-order valence-corrected chi connectivity index (χ3v) is 4.19. The topological polar surface area (TPSA) is 37.4 Å². The molecule has 106 valence electrons. The molecule has 0 bridgehead atoms. The van der Waals surface area contributed by atoms with Gasteiger partial charge in [0.05, 0.1) is 22.8 Å². The van der Waals surface area contributed by atoms with E-state index in [0.29, 0.717) is 21.3 Å². The Hall–Kier alpha value is -1.72. The van der Waals surface area contributed by atoms with Gasteiger partial charge in [0.25, 0.3) is 11.7 Å². The fourth-order valence-corrected chi connectivity index (χ4v) is 3.07. The second kappa shape index (κ2) is 5.24. The maximum atomic E-state index is 13.2. The van der Waals surface area contributed by atoms with Crippen molar-refractivity contribution in [1.82, 2.24) is 0 Å². The number of anilines is 1. The van der Waals surface area contributed by atoms with Crippen LogP contribution in [0.5, 0.6) is 0 Å². The van der Waals surface area contributed by atoms with E-state index in [-0.39, 0.29) is 11.6 Å². The first-order chi connectivity index (χ1) is 9.99. The summed E-state index contributed by atoms with van der Waals surface area (Å²) in [4.78, 5) is 25.5. The van der Waals surface area contributed by atoms with E-state index < -0.39 is 17.5 Å². The molecule has 0 spiro atoms. The van der Waals surface area contributed by atoms with Crippen LogP contribution in [0.15, 0.2) is 40.9 Å². The first-order valence-electron chi connectivity index (χ1n) is 6.07. The number of rotatable bonds is 2. The van der Waals surface area contributed by atoms with Crippen molar-refractivity contribution in [3.05, 3.63) is 62.8 Å². The number of para-hydroxylation sites is 1. The monoisotopic (exact) mass is 367 g/mol. The number of hydrogen-bond acceptors (Lipinski definition) is 2. The van der Waals surface area contributed by atoms with Crippen molar-refractivity contribution in [2.45, 2.75) is 6.54 Å². The molecule has 0 aromatic heterocycles. The lowest BCUT2D eigenvalue weighted by molar-refractivity contribution is -0.114. The van der Waals surface area contributed by atoms with Gasteiger partial charge in [-0.05, 0) is 45.8 Å². The molecule has 0 saturated carbocycles. The van der Waals surface area contributed by atoms with Crippen LogP contribution in [0.2, 0.25) is 5.02 Å². The van der Waals surface area contributed by atoms with Crippen molar-refractivity contribution >= 4 is 44.9 Å². The number of halogens is 3. The van der Waals surface area contributed by atoms with Gasteiger partial charge < -0.3 is 0 Å². The zero-order valence-corrected chi connectivity index (χ0v) is 12.9. The van der Waals surface area contributed by atoms with Gasteiger partial charge in [-0.3, -0.25) is 14.5 Å². The van der Waals surface area contributed by atoms with Crippen molar-refractivity contribution < 1.29 is 14.0 Å². The molecule has 0 fully saturated rings. The lowest BCUT2D eigenvalue weighted by atomic mass is 10.1. The van der Waals surface area contributed by atoms with Crippen LogP contribution in [0.4, 0.5) is 10.1 Å². The predicted octanol–water partition coefficient (Wildman–Crippen LogP) is 3.97. The highest BCUT2D eigenvalue weighted by atomic mass is 79.9. The Labute approximate surface area is 133 Å². The molecule has 1 amide bonds. The Bertz CT molecular complexity index is 778. The molecule has 0 unspecified atom stereocenters. The number of nitrogens with zero attached hydrogens (tertiary/aromatic N) is 1. The van der Waals surface area contributed by atoms with Crippen molar-refractivity contribution in [2.75, 3.05) is 4.90 Å². The first-order valence-corrected chi connectivity index (χ1v) is 7.25. The van der Waals surface area contributed by atoms with Gasteiger partial charge in [-0.2, -0.15) is 0 Å². The molecule has 2 aromatic rings. The van der Waals surface area contributed by atoms with Crippen molar-refractivity contribution in [1.29, 1.82) is 0 Å². The van der Waals surface area contributed by atoms with Gasteiger partial charge in [-0.1, -0.05) is 23.7 Å². The molecule has 0 N–H and O–H groups in total. The highest BCUT2D eigenvalue weighted by molar-refractivity contribution is 9.10. The minimum absolute atomic E-state index is 0.0159. The second-order valence-electron chi connectivity index (χ2n) is 4.60. The molecular weight excluding hydrogens is 361 g/mol. The van der Waals surface area contributed by atoms with E-state index in [4.69, 9.17) is 11.6 Å². The lowest BCUT2D eigenvalue weighted by Gasteiger charge is -2.18. The molecule has 21 heavy (non-hydrogen) atoms. The van der Waals surface area contributed by atoms with Crippen molar-refractivity contribution in [3.63, 3.8) is 0 Å². The maximum absolute atomic E-state index is 13.2. The third kappa shape index (κ3) is 2.36. The normalized spacial score (nSPS) is 13.8. The van der Waals surface area contributed by atoms with Crippen LogP contribution in [-0.2, 0) is 11.3 Å². The molecule has 3 nitrogen and oxygen atoms in total. The maximum Gasteiger partial charge on any atom is 0.299 e. The average molecular weight is 369 g/mol. The van der Waals surface area contributed by atoms with E-state index in [1.807, 2.05) is 0 Å². The molecule has 2 aromatic carbocycles. The fraction of sp³-hybridized carbons (Fsp3) is 0.0667. The van der Waals surface area contributed by atoms with Gasteiger partial charge in [0.2, 0.25) is 0 Å². The van der Waals surface area contributed by atoms with Crippen LogP contribution in [0, 0.1) is 5.82 Å². The van der Waals surface area contributed by atoms with Crippen molar-refractivity contribution in [2.24, 2.45) is 0 Å². The fourth-order valence-electron chi connectivity index (χ4n) is 2.28. The van der Waals surface area contributed by atoms with Crippen LogP contribution in [0.3, 0.4) is 0 Å². The second-order valence-corrected chi connectivity index (χ2v) is 5.87. The summed E-state index contributed by atoms with van der Waals surface area (Å²) >= 11 is 9.09. The minimum Gasteiger partial charge on any atom is -0.299 e. The van der Waals surface area contributed by atoms with Crippen LogP contribution in [0.25, 0.3) is 0 Å². The van der Waals surface area contributed by atoms with Crippen LogP contribution in [0.1, 0.15) is 15.9 Å². The number of Topliss-reactive ketones (excluding diaryl/α,β-unsaturated/α-hetero) is 1. The third-order valence-electron chi connectivity index (χ3n) is 3.27. The minimum atomic E-state index is -0.600. The van der Waals surface area contributed by atoms with E-state index in [0.717, 1.165) is 0 Å². The number of benzene rings is 2. The number of fused-ring (bicyclic) bond motifs is 1. The quantitative estimate of drug-likeness (QED) is 0.752. The zero-order valence-electron chi connectivity index (χ0n) is 10.6. The number of carbonyl (C=O) groups is 2. The number of carbonyl (C=O) groups excluding carboxylic acids is 2. The van der Waals surface area contributed by atoms with Gasteiger partial charge in [-0.25, -0.2) is 4.39 Å². The number of ketones is 1. The summed E-state index contributed by atoms with van der Waals surface area (Å²) in [5.74, 6) is -1.66. The summed E-state index contributed by atoms with van der Waals surface area (Å²) in [7, 11) is 0. The standard InChI is InChI=1S/C15H8BrClFNO2/c16-10-3-1-2-9-13(10)19(15(21)14(9)20)7-8-4-5-12(18)11(17)6-8/h1-6H,7H2. The Morgan fingerprint density at radius 2 is 1.95 bits per heavy atom. The first kappa shape index (κ1) is 14.2. The Morgan fingerprint density at radius 1 is 1.19 bits per heavy atom. The Balaban J connectivity index is 2.02. The van der Waals surface area contributed by atoms with Gasteiger partial charge in [0, 0.05) is 4.47 Å². The van der Waals surface area contributed by atoms with Gasteiger partial charge in [0.15, 0.2) is 0 Å². The molecule has 1 aliphatic heterocycles. The van der Waals surface area contributed by atoms with E-state index in [2.05, 4.69) is 15.9 Å². The zero-order chi connectivity index (χ0) is 15.1. The van der Waals surface area contributed by atoms with E-state index >= 15 is 0 Å². The van der Waals surface area contributed by atoms with Crippen LogP contribution < -0.4 is 4.90 Å². The van der Waals surface area contributed by atoms with Gasteiger partial charge in [-0.15, -0.1) is 0 Å². The summed E-state index contributed by atoms with van der Waals surface area (Å²) in [5.41, 5.74) is 1.54. The number of amides is 1. The summed E-state index contributed by atoms with van der Waals surface area (Å²) < 4.78 is 13.8. The molecule has 1 aliphatic rings. The Kier molecular flexibility index (Phi) is 3.55. The SMILES string of the molecule is O=C1C(=O)N(Cc2ccc(F)c(Cl)c2)c2c(Br)cccc21. The van der Waals surface area contributed by atoms with E-state index in [1.54, 1.807) is 18.2 Å². The number of hydrogen-bond donors (Lipinski definition) is 0. The Morgan fingerprint density at radius 3 is 2.67 bits per heavy atom.